The molecule has 0 saturated heterocycles. The fourth-order valence-electron chi connectivity index (χ4n) is 1.25. The summed E-state index contributed by atoms with van der Waals surface area (Å²) in [5, 5.41) is 0. The van der Waals surface area contributed by atoms with Crippen LogP contribution in [-0.4, -0.2) is 66.1 Å². The number of hydrogen-bond donors (Lipinski definition) is 3. The molecular weight excluding hydrogens is 318 g/mol. The van der Waals surface area contributed by atoms with Crippen molar-refractivity contribution in [2.75, 3.05) is 0 Å². The van der Waals surface area contributed by atoms with Gasteiger partial charge < -0.3 is 19.4 Å². The van der Waals surface area contributed by atoms with E-state index in [4.69, 9.17) is 24.0 Å². The Morgan fingerprint density at radius 1 is 0.857 bits per heavy atom. The topological polar surface area (TPSA) is 87.0 Å². The van der Waals surface area contributed by atoms with Crippen molar-refractivity contribution in [3.05, 3.63) is 72.5 Å². The van der Waals surface area contributed by atoms with E-state index in [0.29, 0.717) is 0 Å². The van der Waals surface area contributed by atoms with Crippen molar-refractivity contribution in [3.63, 3.8) is 0 Å². The molecule has 2 aromatic carbocycles. The van der Waals surface area contributed by atoms with Crippen molar-refractivity contribution >= 4 is 65.3 Å². The summed E-state index contributed by atoms with van der Waals surface area (Å²) in [4.78, 5) is 21.6. The van der Waals surface area contributed by atoms with Crippen molar-refractivity contribution < 1.29 is 24.0 Å². The number of ether oxygens (including phenoxy) is 1. The zero-order chi connectivity index (χ0) is 14.8. The van der Waals surface area contributed by atoms with Gasteiger partial charge in [-0.15, -0.1) is 0 Å². The maximum atomic E-state index is 8.88. The number of para-hydroxylation sites is 1. The molecule has 0 bridgehead atoms. The second-order valence-electron chi connectivity index (χ2n) is 3.66. The molecular formula is C14H16KO5P. The van der Waals surface area contributed by atoms with Gasteiger partial charge in [-0.05, 0) is 23.8 Å². The molecule has 0 aliphatic carbocycles. The van der Waals surface area contributed by atoms with Crippen LogP contribution in [0.2, 0.25) is 0 Å². The summed E-state index contributed by atoms with van der Waals surface area (Å²) in [5.74, 6) is 0.852. The average molecular weight is 334 g/mol. The molecule has 21 heavy (non-hydrogen) atoms. The Balaban J connectivity index is 0.000000583. The number of hydrogen-bond acceptors (Lipinski definition) is 2. The van der Waals surface area contributed by atoms with Gasteiger partial charge in [0.1, 0.15) is 5.75 Å². The third-order valence-electron chi connectivity index (χ3n) is 2.01. The van der Waals surface area contributed by atoms with Crippen LogP contribution in [0.3, 0.4) is 0 Å². The van der Waals surface area contributed by atoms with Gasteiger partial charge in [0.05, 0.1) is 6.26 Å². The Hall–Kier alpha value is -0.274. The first kappa shape index (κ1) is 20.7. The van der Waals surface area contributed by atoms with Gasteiger partial charge >= 0.3 is 59.2 Å². The molecule has 0 radical (unpaired) electrons. The molecule has 3 N–H and O–H groups in total. The van der Waals surface area contributed by atoms with E-state index in [1.165, 1.54) is 0 Å². The molecule has 0 fully saturated rings. The number of rotatable bonds is 3. The van der Waals surface area contributed by atoms with Crippen LogP contribution in [0.25, 0.3) is 6.08 Å². The molecule has 0 amide bonds. The summed E-state index contributed by atoms with van der Waals surface area (Å²) in [6.45, 7) is 0. The molecule has 0 spiro atoms. The first-order valence-electron chi connectivity index (χ1n) is 5.67. The van der Waals surface area contributed by atoms with Gasteiger partial charge in [0.25, 0.3) is 0 Å². The standard InChI is InChI=1S/C14H12O.K.H3O4P.H/c1-3-7-13(8-4-1)11-12-15-14-9-5-2-6-10-14;;1-5(2,3)4;/h1-12H;;(H3,1,2,3,4);. The SMILES string of the molecule is C(=Cc1ccccc1)Oc1ccccc1.O=P(O)(O)O.[KH]. The zero-order valence-electron chi connectivity index (χ0n) is 10.5. The molecule has 0 heterocycles. The Kier molecular flexibility index (Phi) is 11.2. The van der Waals surface area contributed by atoms with E-state index in [1.54, 1.807) is 6.26 Å². The Bertz CT molecular complexity index is 560. The van der Waals surface area contributed by atoms with Crippen molar-refractivity contribution in [2.45, 2.75) is 0 Å². The maximum absolute atomic E-state index is 8.88. The molecule has 2 rings (SSSR count). The third kappa shape index (κ3) is 13.1. The van der Waals surface area contributed by atoms with E-state index in [9.17, 15) is 0 Å². The fourth-order valence-corrected chi connectivity index (χ4v) is 1.25. The van der Waals surface area contributed by atoms with E-state index in [0.717, 1.165) is 11.3 Å². The molecule has 0 aromatic heterocycles. The third-order valence-corrected chi connectivity index (χ3v) is 2.01. The van der Waals surface area contributed by atoms with E-state index >= 15 is 0 Å². The van der Waals surface area contributed by atoms with Crippen LogP contribution in [0, 0.1) is 0 Å². The summed E-state index contributed by atoms with van der Waals surface area (Å²) in [6.07, 6.45) is 3.64. The van der Waals surface area contributed by atoms with Crippen LogP contribution in [0.4, 0.5) is 0 Å². The molecule has 0 aliphatic rings. The Labute approximate surface area is 166 Å². The Morgan fingerprint density at radius 2 is 1.29 bits per heavy atom. The van der Waals surface area contributed by atoms with Gasteiger partial charge in [-0.1, -0.05) is 48.5 Å². The molecule has 7 heteroatoms. The van der Waals surface area contributed by atoms with E-state index in [-0.39, 0.29) is 51.4 Å². The first-order valence-corrected chi connectivity index (χ1v) is 7.23. The van der Waals surface area contributed by atoms with Gasteiger partial charge in [0.15, 0.2) is 0 Å². The normalized spacial score (nSPS) is 10.2. The molecule has 0 atom stereocenters. The number of phosphoric acid groups is 1. The fraction of sp³-hybridized carbons (Fsp3) is 0. The van der Waals surface area contributed by atoms with E-state index < -0.39 is 7.82 Å². The molecule has 0 saturated carbocycles. The molecule has 0 aliphatic heterocycles. The minimum absolute atomic E-state index is 0. The van der Waals surface area contributed by atoms with Crippen molar-refractivity contribution in [3.8, 4) is 5.75 Å². The summed E-state index contributed by atoms with van der Waals surface area (Å²) < 4.78 is 14.3. The van der Waals surface area contributed by atoms with Crippen LogP contribution < -0.4 is 4.74 Å². The molecule has 0 unspecified atom stereocenters. The summed E-state index contributed by atoms with van der Waals surface area (Å²) in [7, 11) is -4.64. The second-order valence-corrected chi connectivity index (χ2v) is 4.68. The summed E-state index contributed by atoms with van der Waals surface area (Å²) >= 11 is 0. The van der Waals surface area contributed by atoms with Crippen LogP contribution in [0.15, 0.2) is 66.9 Å². The van der Waals surface area contributed by atoms with Gasteiger partial charge in [-0.2, -0.15) is 0 Å². The quantitative estimate of drug-likeness (QED) is 0.455. The first-order chi connectivity index (χ1) is 9.45. The van der Waals surface area contributed by atoms with Crippen LogP contribution in [0.5, 0.6) is 5.75 Å². The molecule has 108 valence electrons. The average Bonchev–Trinajstić information content (AvgIpc) is 2.39. The Morgan fingerprint density at radius 3 is 1.76 bits per heavy atom. The van der Waals surface area contributed by atoms with Gasteiger partial charge in [0, 0.05) is 0 Å². The van der Waals surface area contributed by atoms with Gasteiger partial charge in [-0.25, -0.2) is 4.57 Å². The second kappa shape index (κ2) is 11.3. The summed E-state index contributed by atoms with van der Waals surface area (Å²) in [5.41, 5.74) is 1.13. The van der Waals surface area contributed by atoms with Crippen LogP contribution in [-0.2, 0) is 4.57 Å². The monoisotopic (exact) mass is 334 g/mol. The van der Waals surface area contributed by atoms with Crippen LogP contribution >= 0.6 is 7.82 Å². The van der Waals surface area contributed by atoms with Crippen molar-refractivity contribution in [1.29, 1.82) is 0 Å². The van der Waals surface area contributed by atoms with Gasteiger partial charge in [-0.3, -0.25) is 0 Å². The zero-order valence-corrected chi connectivity index (χ0v) is 11.4. The summed E-state index contributed by atoms with van der Waals surface area (Å²) in [6, 6.07) is 19.8. The van der Waals surface area contributed by atoms with Gasteiger partial charge in [0.2, 0.25) is 0 Å². The minimum atomic E-state index is -4.64. The predicted octanol–water partition coefficient (Wildman–Crippen LogP) is 2.16. The molecule has 5 nitrogen and oxygen atoms in total. The molecule has 2 aromatic rings. The van der Waals surface area contributed by atoms with Crippen molar-refractivity contribution in [2.24, 2.45) is 0 Å². The van der Waals surface area contributed by atoms with E-state index in [1.807, 2.05) is 66.7 Å². The van der Waals surface area contributed by atoms with E-state index in [2.05, 4.69) is 0 Å². The predicted molar refractivity (Wildman–Crippen MR) is 84.0 cm³/mol. The van der Waals surface area contributed by atoms with Crippen molar-refractivity contribution in [1.82, 2.24) is 0 Å². The van der Waals surface area contributed by atoms with Crippen LogP contribution in [0.1, 0.15) is 5.56 Å². The number of benzene rings is 2.